The van der Waals surface area contributed by atoms with Crippen LogP contribution in [0.1, 0.15) is 11.3 Å². The SMILES string of the molecule is COc1cccc(Cc2cc(N)nc(N)c2)n1. The zero-order valence-electron chi connectivity index (χ0n) is 9.55. The number of hydrogen-bond donors (Lipinski definition) is 2. The minimum atomic E-state index is 0.419. The Balaban J connectivity index is 2.24. The van der Waals surface area contributed by atoms with Gasteiger partial charge in [0.1, 0.15) is 11.6 Å². The van der Waals surface area contributed by atoms with Gasteiger partial charge >= 0.3 is 0 Å². The number of pyridine rings is 2. The van der Waals surface area contributed by atoms with Gasteiger partial charge in [0.15, 0.2) is 0 Å². The largest absolute Gasteiger partial charge is 0.481 e. The first-order valence-corrected chi connectivity index (χ1v) is 5.19. The average molecular weight is 230 g/mol. The molecule has 5 nitrogen and oxygen atoms in total. The first-order valence-electron chi connectivity index (χ1n) is 5.19. The van der Waals surface area contributed by atoms with Crippen molar-refractivity contribution in [3.63, 3.8) is 0 Å². The fourth-order valence-corrected chi connectivity index (χ4v) is 1.62. The van der Waals surface area contributed by atoms with Gasteiger partial charge in [-0.2, -0.15) is 0 Å². The molecule has 0 bridgehead atoms. The highest BCUT2D eigenvalue weighted by molar-refractivity contribution is 5.44. The molecule has 2 aromatic heterocycles. The van der Waals surface area contributed by atoms with Gasteiger partial charge < -0.3 is 16.2 Å². The topological polar surface area (TPSA) is 87.0 Å². The summed E-state index contributed by atoms with van der Waals surface area (Å²) in [4.78, 5) is 8.24. The Hall–Kier alpha value is -2.30. The van der Waals surface area contributed by atoms with Crippen molar-refractivity contribution in [3.8, 4) is 5.88 Å². The van der Waals surface area contributed by atoms with Crippen molar-refractivity contribution in [2.75, 3.05) is 18.6 Å². The molecule has 0 aliphatic rings. The van der Waals surface area contributed by atoms with Crippen LogP contribution in [0, 0.1) is 0 Å². The Morgan fingerprint density at radius 2 is 1.82 bits per heavy atom. The van der Waals surface area contributed by atoms with E-state index in [0.29, 0.717) is 23.9 Å². The van der Waals surface area contributed by atoms with Gasteiger partial charge in [-0.25, -0.2) is 9.97 Å². The Kier molecular flexibility index (Phi) is 3.09. The Bertz CT molecular complexity index is 507. The normalized spacial score (nSPS) is 10.2. The second kappa shape index (κ2) is 4.69. The molecule has 0 aliphatic carbocycles. The number of anilines is 2. The highest BCUT2D eigenvalue weighted by atomic mass is 16.5. The Morgan fingerprint density at radius 3 is 2.47 bits per heavy atom. The number of nitrogens with zero attached hydrogens (tertiary/aromatic N) is 2. The van der Waals surface area contributed by atoms with Crippen LogP contribution < -0.4 is 16.2 Å². The van der Waals surface area contributed by atoms with Crippen LogP contribution in [0.4, 0.5) is 11.6 Å². The number of aromatic nitrogens is 2. The maximum atomic E-state index is 5.63. The number of methoxy groups -OCH3 is 1. The van der Waals surface area contributed by atoms with E-state index in [2.05, 4.69) is 9.97 Å². The second-order valence-corrected chi connectivity index (χ2v) is 3.67. The summed E-state index contributed by atoms with van der Waals surface area (Å²) in [5.74, 6) is 1.43. The molecule has 2 rings (SSSR count). The van der Waals surface area contributed by atoms with Gasteiger partial charge in [0.2, 0.25) is 5.88 Å². The highest BCUT2D eigenvalue weighted by Gasteiger charge is 2.02. The van der Waals surface area contributed by atoms with Crippen molar-refractivity contribution < 1.29 is 4.74 Å². The first kappa shape index (κ1) is 11.2. The molecule has 17 heavy (non-hydrogen) atoms. The lowest BCUT2D eigenvalue weighted by atomic mass is 10.1. The van der Waals surface area contributed by atoms with E-state index in [1.807, 2.05) is 12.1 Å². The zero-order valence-corrected chi connectivity index (χ0v) is 9.55. The van der Waals surface area contributed by atoms with Crippen molar-refractivity contribution >= 4 is 11.6 Å². The first-order chi connectivity index (χ1) is 8.17. The molecule has 4 N–H and O–H groups in total. The number of nitrogens with two attached hydrogens (primary N) is 2. The van der Waals surface area contributed by atoms with E-state index < -0.39 is 0 Å². The summed E-state index contributed by atoms with van der Waals surface area (Å²) in [6.07, 6.45) is 0.647. The summed E-state index contributed by atoms with van der Waals surface area (Å²) in [6.45, 7) is 0. The minimum Gasteiger partial charge on any atom is -0.481 e. The van der Waals surface area contributed by atoms with Crippen molar-refractivity contribution in [3.05, 3.63) is 41.6 Å². The summed E-state index contributed by atoms with van der Waals surface area (Å²) >= 11 is 0. The molecule has 2 aromatic rings. The lowest BCUT2D eigenvalue weighted by molar-refractivity contribution is 0.396. The molecule has 88 valence electrons. The Morgan fingerprint density at radius 1 is 1.12 bits per heavy atom. The monoisotopic (exact) mass is 230 g/mol. The molecule has 0 spiro atoms. The molecule has 0 saturated carbocycles. The summed E-state index contributed by atoms with van der Waals surface area (Å²) in [7, 11) is 1.59. The molecule has 0 radical (unpaired) electrons. The van der Waals surface area contributed by atoms with Gasteiger partial charge in [-0.15, -0.1) is 0 Å². The quantitative estimate of drug-likeness (QED) is 0.828. The molecule has 0 unspecified atom stereocenters. The molecular weight excluding hydrogens is 216 g/mol. The van der Waals surface area contributed by atoms with E-state index in [-0.39, 0.29) is 0 Å². The van der Waals surface area contributed by atoms with E-state index in [0.717, 1.165) is 11.3 Å². The maximum absolute atomic E-state index is 5.63. The third-order valence-electron chi connectivity index (χ3n) is 2.30. The third kappa shape index (κ3) is 2.84. The molecule has 0 amide bonds. The summed E-state index contributed by atoms with van der Waals surface area (Å²) < 4.78 is 5.07. The van der Waals surface area contributed by atoms with Gasteiger partial charge in [0.25, 0.3) is 0 Å². The maximum Gasteiger partial charge on any atom is 0.213 e. The van der Waals surface area contributed by atoms with Crippen molar-refractivity contribution in [2.45, 2.75) is 6.42 Å². The fourth-order valence-electron chi connectivity index (χ4n) is 1.62. The van der Waals surface area contributed by atoms with Crippen LogP contribution in [-0.2, 0) is 6.42 Å². The van der Waals surface area contributed by atoms with E-state index in [1.54, 1.807) is 25.3 Å². The number of hydrogen-bond acceptors (Lipinski definition) is 5. The smallest absolute Gasteiger partial charge is 0.213 e. The van der Waals surface area contributed by atoms with Crippen LogP contribution in [-0.4, -0.2) is 17.1 Å². The molecule has 0 fully saturated rings. The van der Waals surface area contributed by atoms with Gasteiger partial charge in [-0.1, -0.05) is 6.07 Å². The Labute approximate surface area is 99.5 Å². The van der Waals surface area contributed by atoms with Crippen LogP contribution in [0.5, 0.6) is 5.88 Å². The minimum absolute atomic E-state index is 0.419. The highest BCUT2D eigenvalue weighted by Crippen LogP contribution is 2.15. The van der Waals surface area contributed by atoms with Gasteiger partial charge in [-0.3, -0.25) is 0 Å². The number of ether oxygens (including phenoxy) is 1. The summed E-state index contributed by atoms with van der Waals surface area (Å²) in [5, 5.41) is 0. The van der Waals surface area contributed by atoms with Gasteiger partial charge in [0.05, 0.1) is 7.11 Å². The number of nitrogen functional groups attached to an aromatic ring is 2. The summed E-state index contributed by atoms with van der Waals surface area (Å²) in [5.41, 5.74) is 13.1. The molecule has 0 aliphatic heterocycles. The zero-order chi connectivity index (χ0) is 12.3. The lowest BCUT2D eigenvalue weighted by Crippen LogP contribution is -2.00. The molecule has 0 saturated heterocycles. The van der Waals surface area contributed by atoms with E-state index in [4.69, 9.17) is 16.2 Å². The van der Waals surface area contributed by atoms with Crippen LogP contribution in [0.3, 0.4) is 0 Å². The second-order valence-electron chi connectivity index (χ2n) is 3.67. The average Bonchev–Trinajstić information content (AvgIpc) is 2.28. The van der Waals surface area contributed by atoms with Crippen LogP contribution in [0.2, 0.25) is 0 Å². The van der Waals surface area contributed by atoms with Gasteiger partial charge in [-0.05, 0) is 23.8 Å². The standard InChI is InChI=1S/C12H14N4O/c1-17-12-4-2-3-9(15-12)5-8-6-10(13)16-11(14)7-8/h2-4,6-7H,5H2,1H3,(H4,13,14,16). The molecule has 5 heteroatoms. The molecule has 0 atom stereocenters. The number of rotatable bonds is 3. The molecule has 2 heterocycles. The van der Waals surface area contributed by atoms with E-state index >= 15 is 0 Å². The third-order valence-corrected chi connectivity index (χ3v) is 2.30. The van der Waals surface area contributed by atoms with E-state index in [1.165, 1.54) is 0 Å². The fraction of sp³-hybridized carbons (Fsp3) is 0.167. The summed E-state index contributed by atoms with van der Waals surface area (Å²) in [6, 6.07) is 9.21. The lowest BCUT2D eigenvalue weighted by Gasteiger charge is -2.05. The van der Waals surface area contributed by atoms with Crippen LogP contribution in [0.25, 0.3) is 0 Å². The molecular formula is C12H14N4O. The van der Waals surface area contributed by atoms with Crippen LogP contribution in [0.15, 0.2) is 30.3 Å². The van der Waals surface area contributed by atoms with Crippen LogP contribution >= 0.6 is 0 Å². The van der Waals surface area contributed by atoms with Gasteiger partial charge in [0, 0.05) is 18.2 Å². The van der Waals surface area contributed by atoms with E-state index in [9.17, 15) is 0 Å². The van der Waals surface area contributed by atoms with Crippen molar-refractivity contribution in [2.24, 2.45) is 0 Å². The predicted molar refractivity (Wildman–Crippen MR) is 66.7 cm³/mol. The molecule has 0 aromatic carbocycles. The van der Waals surface area contributed by atoms with Crippen molar-refractivity contribution in [1.82, 2.24) is 9.97 Å². The predicted octanol–water partition coefficient (Wildman–Crippen LogP) is 1.24. The van der Waals surface area contributed by atoms with Crippen molar-refractivity contribution in [1.29, 1.82) is 0 Å².